The monoisotopic (exact) mass is 393 g/mol. The van der Waals surface area contributed by atoms with Gasteiger partial charge in [0, 0.05) is 25.2 Å². The molecule has 150 valence electrons. The third-order valence-corrected chi connectivity index (χ3v) is 5.06. The lowest BCUT2D eigenvalue weighted by molar-refractivity contribution is 0.0336. The fourth-order valence-corrected chi connectivity index (χ4v) is 3.49. The van der Waals surface area contributed by atoms with Crippen LogP contribution in [0.1, 0.15) is 21.5 Å². The average Bonchev–Trinajstić information content (AvgIpc) is 3.07. The molecule has 2 aliphatic heterocycles. The summed E-state index contributed by atoms with van der Waals surface area (Å²) >= 11 is 0. The van der Waals surface area contributed by atoms with Crippen LogP contribution in [0.3, 0.4) is 0 Å². The number of hydrogen-bond acceptors (Lipinski definition) is 6. The minimum Gasteiger partial charge on any atom is -0.507 e. The van der Waals surface area contributed by atoms with E-state index in [1.807, 2.05) is 30.3 Å². The van der Waals surface area contributed by atoms with E-state index in [0.717, 1.165) is 24.4 Å². The molecular weight excluding hydrogens is 370 g/mol. The zero-order chi connectivity index (χ0) is 20.2. The van der Waals surface area contributed by atoms with Crippen LogP contribution in [0.15, 0.2) is 54.3 Å². The van der Waals surface area contributed by atoms with Gasteiger partial charge in [-0.2, -0.15) is 0 Å². The zero-order valence-electron chi connectivity index (χ0n) is 16.3. The number of hydrogen-bond donors (Lipinski definition) is 1. The first-order valence-corrected chi connectivity index (χ1v) is 9.56. The number of phenols is 1. The number of ether oxygens (including phenoxy) is 3. The van der Waals surface area contributed by atoms with E-state index >= 15 is 0 Å². The van der Waals surface area contributed by atoms with Crippen LogP contribution in [0.2, 0.25) is 0 Å². The quantitative estimate of drug-likeness (QED) is 0.786. The van der Waals surface area contributed by atoms with Crippen molar-refractivity contribution in [3.05, 3.63) is 71.0 Å². The van der Waals surface area contributed by atoms with Crippen molar-refractivity contribution in [3.63, 3.8) is 0 Å². The van der Waals surface area contributed by atoms with Gasteiger partial charge in [0.1, 0.15) is 17.2 Å². The summed E-state index contributed by atoms with van der Waals surface area (Å²) in [5.74, 6) is 1.38. The number of carbonyl (C=O) groups is 1. The lowest BCUT2D eigenvalue weighted by Gasteiger charge is -2.27. The number of carbonyl (C=O) groups excluding carboxylic acids is 1. The van der Waals surface area contributed by atoms with Crippen molar-refractivity contribution in [2.75, 3.05) is 33.4 Å². The van der Waals surface area contributed by atoms with E-state index in [-0.39, 0.29) is 17.3 Å². The number of nitrogens with zero attached hydrogens (tertiary/aromatic N) is 1. The van der Waals surface area contributed by atoms with Crippen LogP contribution < -0.4 is 9.47 Å². The van der Waals surface area contributed by atoms with E-state index in [1.165, 1.54) is 0 Å². The molecule has 2 heterocycles. The van der Waals surface area contributed by atoms with Crippen molar-refractivity contribution < 1.29 is 24.1 Å². The van der Waals surface area contributed by atoms with Gasteiger partial charge in [-0.15, -0.1) is 0 Å². The average molecular weight is 393 g/mol. The highest BCUT2D eigenvalue weighted by molar-refractivity contribution is 6.12. The Hall–Kier alpha value is -3.09. The summed E-state index contributed by atoms with van der Waals surface area (Å²) in [5.41, 5.74) is 2.01. The van der Waals surface area contributed by atoms with Gasteiger partial charge < -0.3 is 19.3 Å². The topological polar surface area (TPSA) is 68.2 Å². The van der Waals surface area contributed by atoms with Crippen molar-refractivity contribution in [2.45, 2.75) is 6.54 Å². The molecule has 0 aromatic heterocycles. The summed E-state index contributed by atoms with van der Waals surface area (Å²) < 4.78 is 16.6. The predicted octanol–water partition coefficient (Wildman–Crippen LogP) is 3.41. The van der Waals surface area contributed by atoms with E-state index in [2.05, 4.69) is 4.90 Å². The van der Waals surface area contributed by atoms with Gasteiger partial charge in [-0.3, -0.25) is 9.69 Å². The standard InChI is InChI=1S/C23H23NO5/c1-27-20-7-3-2-5-16(20)6-4-8-21-22(26)17-9-10-19(25)18(23(17)29-21)15-24-11-13-28-14-12-24/h2-10,25H,11-15H2,1H3/b6-4+,21-8-. The minimum absolute atomic E-state index is 0.133. The third-order valence-electron chi connectivity index (χ3n) is 5.06. The molecule has 1 fully saturated rings. The van der Waals surface area contributed by atoms with Crippen molar-refractivity contribution >= 4 is 11.9 Å². The van der Waals surface area contributed by atoms with Crippen LogP contribution in [-0.2, 0) is 11.3 Å². The fraction of sp³-hybridized carbons (Fsp3) is 0.261. The second kappa shape index (κ2) is 8.51. The molecule has 0 saturated carbocycles. The van der Waals surface area contributed by atoms with Crippen LogP contribution in [0.5, 0.6) is 17.2 Å². The maximum absolute atomic E-state index is 12.8. The molecule has 0 aliphatic carbocycles. The van der Waals surface area contributed by atoms with Gasteiger partial charge in [0.15, 0.2) is 5.76 Å². The number of para-hydroxylation sites is 1. The third kappa shape index (κ3) is 4.04. The summed E-state index contributed by atoms with van der Waals surface area (Å²) in [5, 5.41) is 10.4. The first-order valence-electron chi connectivity index (χ1n) is 9.56. The van der Waals surface area contributed by atoms with E-state index < -0.39 is 0 Å². The Balaban J connectivity index is 1.57. The van der Waals surface area contributed by atoms with Crippen molar-refractivity contribution in [3.8, 4) is 17.2 Å². The maximum atomic E-state index is 12.8. The summed E-state index contributed by atoms with van der Waals surface area (Å²) in [6, 6.07) is 10.8. The number of aromatic hydroxyl groups is 1. The molecule has 0 atom stereocenters. The number of methoxy groups -OCH3 is 1. The normalized spacial score (nSPS) is 18.2. The fourth-order valence-electron chi connectivity index (χ4n) is 3.49. The molecular formula is C23H23NO5. The van der Waals surface area contributed by atoms with Crippen LogP contribution in [0.25, 0.3) is 6.08 Å². The Kier molecular flexibility index (Phi) is 5.64. The number of phenolic OH excluding ortho intramolecular Hbond substituents is 1. The van der Waals surface area contributed by atoms with Gasteiger partial charge in [-0.05, 0) is 24.3 Å². The molecule has 1 N–H and O–H groups in total. The second-order valence-electron chi connectivity index (χ2n) is 6.89. The second-order valence-corrected chi connectivity index (χ2v) is 6.89. The van der Waals surface area contributed by atoms with Crippen molar-refractivity contribution in [1.29, 1.82) is 0 Å². The largest absolute Gasteiger partial charge is 0.507 e. The molecule has 0 spiro atoms. The predicted molar refractivity (Wildman–Crippen MR) is 109 cm³/mol. The molecule has 6 heteroatoms. The van der Waals surface area contributed by atoms with Gasteiger partial charge in [0.25, 0.3) is 0 Å². The molecule has 6 nitrogen and oxygen atoms in total. The summed E-state index contributed by atoms with van der Waals surface area (Å²) in [7, 11) is 1.62. The van der Waals surface area contributed by atoms with Crippen LogP contribution in [0.4, 0.5) is 0 Å². The number of morpholine rings is 1. The number of ketones is 1. The number of fused-ring (bicyclic) bond motifs is 1. The van der Waals surface area contributed by atoms with E-state index in [9.17, 15) is 9.90 Å². The zero-order valence-corrected chi connectivity index (χ0v) is 16.3. The Morgan fingerprint density at radius 3 is 2.76 bits per heavy atom. The Bertz CT molecular complexity index is 973. The lowest BCUT2D eigenvalue weighted by Crippen LogP contribution is -2.35. The molecule has 29 heavy (non-hydrogen) atoms. The molecule has 1 saturated heterocycles. The van der Waals surface area contributed by atoms with Crippen molar-refractivity contribution in [1.82, 2.24) is 4.90 Å². The van der Waals surface area contributed by atoms with E-state index in [0.29, 0.717) is 36.6 Å². The first kappa shape index (κ1) is 19.2. The molecule has 0 radical (unpaired) electrons. The smallest absolute Gasteiger partial charge is 0.231 e. The molecule has 2 aliphatic rings. The highest BCUT2D eigenvalue weighted by Crippen LogP contribution is 2.39. The van der Waals surface area contributed by atoms with Crippen LogP contribution >= 0.6 is 0 Å². The Labute approximate surface area is 169 Å². The minimum atomic E-state index is -0.187. The SMILES string of the molecule is COc1ccccc1/C=C/C=C1\Oc2c(ccc(O)c2CN2CCOCC2)C1=O. The highest BCUT2D eigenvalue weighted by atomic mass is 16.5. The first-order chi connectivity index (χ1) is 14.2. The van der Waals surface area contributed by atoms with Crippen LogP contribution in [-0.4, -0.2) is 49.2 Å². The number of allylic oxidation sites excluding steroid dienone is 3. The lowest BCUT2D eigenvalue weighted by atomic mass is 10.0. The van der Waals surface area contributed by atoms with Gasteiger partial charge in [-0.25, -0.2) is 0 Å². The molecule has 0 unspecified atom stereocenters. The molecule has 2 aromatic rings. The number of rotatable bonds is 5. The highest BCUT2D eigenvalue weighted by Gasteiger charge is 2.31. The summed E-state index contributed by atoms with van der Waals surface area (Å²) in [4.78, 5) is 14.9. The molecule has 0 bridgehead atoms. The summed E-state index contributed by atoms with van der Waals surface area (Å²) in [6.45, 7) is 3.39. The Morgan fingerprint density at radius 2 is 1.97 bits per heavy atom. The molecule has 0 amide bonds. The number of benzene rings is 2. The van der Waals surface area contributed by atoms with E-state index in [1.54, 1.807) is 31.4 Å². The van der Waals surface area contributed by atoms with Gasteiger partial charge in [0.05, 0.1) is 31.5 Å². The number of Topliss-reactive ketones (excluding diaryl/α,β-unsaturated/α-hetero) is 1. The summed E-state index contributed by atoms with van der Waals surface area (Å²) in [6.07, 6.45) is 5.26. The van der Waals surface area contributed by atoms with Crippen molar-refractivity contribution in [2.24, 2.45) is 0 Å². The molecule has 2 aromatic carbocycles. The van der Waals surface area contributed by atoms with Gasteiger partial charge >= 0.3 is 0 Å². The van der Waals surface area contributed by atoms with Gasteiger partial charge in [-0.1, -0.05) is 30.4 Å². The maximum Gasteiger partial charge on any atom is 0.231 e. The Morgan fingerprint density at radius 1 is 1.17 bits per heavy atom. The van der Waals surface area contributed by atoms with E-state index in [4.69, 9.17) is 14.2 Å². The molecule has 4 rings (SSSR count). The van der Waals surface area contributed by atoms with Crippen LogP contribution in [0, 0.1) is 0 Å². The van der Waals surface area contributed by atoms with Gasteiger partial charge in [0.2, 0.25) is 5.78 Å².